The molecule has 0 radical (unpaired) electrons. The summed E-state index contributed by atoms with van der Waals surface area (Å²) in [6.07, 6.45) is 1.41. The Morgan fingerprint density at radius 1 is 1.13 bits per heavy atom. The van der Waals surface area contributed by atoms with Gasteiger partial charge in [-0.15, -0.1) is 0 Å². The molecular weight excluding hydrogens is 286 g/mol. The van der Waals surface area contributed by atoms with E-state index in [1.165, 1.54) is 6.20 Å². The number of aromatic amines is 1. The predicted molar refractivity (Wildman–Crippen MR) is 89.2 cm³/mol. The summed E-state index contributed by atoms with van der Waals surface area (Å²) in [4.78, 5) is 7.92. The van der Waals surface area contributed by atoms with Crippen molar-refractivity contribution in [3.05, 3.63) is 59.8 Å². The number of aromatic nitrogens is 2. The van der Waals surface area contributed by atoms with E-state index in [0.717, 1.165) is 33.7 Å². The van der Waals surface area contributed by atoms with Crippen LogP contribution >= 0.6 is 0 Å². The third kappa shape index (κ3) is 2.76. The summed E-state index contributed by atoms with van der Waals surface area (Å²) < 4.78 is 0. The number of rotatable bonds is 3. The first kappa shape index (κ1) is 14.4. The number of nitriles is 2. The van der Waals surface area contributed by atoms with Crippen LogP contribution in [0.4, 0.5) is 5.69 Å². The summed E-state index contributed by atoms with van der Waals surface area (Å²) in [5.41, 5.74) is 4.70. The van der Waals surface area contributed by atoms with Crippen LogP contribution < -0.4 is 5.32 Å². The Balaban J connectivity index is 2.01. The van der Waals surface area contributed by atoms with Gasteiger partial charge in [0.25, 0.3) is 0 Å². The van der Waals surface area contributed by atoms with Gasteiger partial charge in [-0.2, -0.15) is 10.5 Å². The van der Waals surface area contributed by atoms with Crippen LogP contribution in [0.15, 0.2) is 54.2 Å². The van der Waals surface area contributed by atoms with Crippen molar-refractivity contribution >= 4 is 16.7 Å². The molecule has 0 amide bonds. The number of hydrogen-bond donors (Lipinski definition) is 2. The third-order valence-electron chi connectivity index (χ3n) is 3.59. The van der Waals surface area contributed by atoms with Crippen molar-refractivity contribution in [3.8, 4) is 23.5 Å². The maximum Gasteiger partial charge on any atom is 0.145 e. The maximum absolute atomic E-state index is 8.79. The molecule has 0 fully saturated rings. The number of benzene rings is 2. The fraction of sp³-hybridized carbons (Fsp3) is 0.0556. The monoisotopic (exact) mass is 299 g/mol. The van der Waals surface area contributed by atoms with E-state index in [9.17, 15) is 0 Å². The molecule has 0 unspecified atom stereocenters. The molecule has 5 nitrogen and oxygen atoms in total. The molecule has 5 heteroatoms. The molecule has 0 bridgehead atoms. The van der Waals surface area contributed by atoms with Crippen molar-refractivity contribution in [1.82, 2.24) is 9.97 Å². The van der Waals surface area contributed by atoms with Crippen molar-refractivity contribution in [2.45, 2.75) is 6.92 Å². The van der Waals surface area contributed by atoms with Gasteiger partial charge in [0.15, 0.2) is 0 Å². The summed E-state index contributed by atoms with van der Waals surface area (Å²) in [7, 11) is 0. The van der Waals surface area contributed by atoms with Crippen molar-refractivity contribution < 1.29 is 0 Å². The first-order valence-electron chi connectivity index (χ1n) is 7.04. The van der Waals surface area contributed by atoms with E-state index in [2.05, 4.69) is 15.3 Å². The number of hydrogen-bond acceptors (Lipinski definition) is 4. The standard InChI is InChI=1S/C18H13N5/c1-12-14(18-22-16-6-2-3-7-17(16)23-18)5-4-8-15(12)21-11-13(9-19)10-20/h2-8,11,21H,1H3,(H,22,23). The molecule has 2 N–H and O–H groups in total. The van der Waals surface area contributed by atoms with Crippen molar-refractivity contribution in [2.75, 3.05) is 5.32 Å². The van der Waals surface area contributed by atoms with Gasteiger partial charge < -0.3 is 10.3 Å². The Labute approximate surface area is 133 Å². The van der Waals surface area contributed by atoms with E-state index < -0.39 is 0 Å². The van der Waals surface area contributed by atoms with Gasteiger partial charge in [-0.05, 0) is 30.7 Å². The zero-order valence-electron chi connectivity index (χ0n) is 12.5. The van der Waals surface area contributed by atoms with Crippen molar-refractivity contribution in [3.63, 3.8) is 0 Å². The van der Waals surface area contributed by atoms with Crippen LogP contribution in [-0.4, -0.2) is 9.97 Å². The third-order valence-corrected chi connectivity index (χ3v) is 3.59. The molecule has 1 heterocycles. The lowest BCUT2D eigenvalue weighted by Gasteiger charge is -2.09. The molecule has 0 saturated heterocycles. The molecule has 110 valence electrons. The minimum atomic E-state index is 0.0264. The molecule has 0 aliphatic heterocycles. The smallest absolute Gasteiger partial charge is 0.145 e. The highest BCUT2D eigenvalue weighted by Gasteiger charge is 2.10. The Hall–Kier alpha value is -3.57. The van der Waals surface area contributed by atoms with Gasteiger partial charge in [0.2, 0.25) is 0 Å². The number of fused-ring (bicyclic) bond motifs is 1. The number of H-pyrrole nitrogens is 1. The van der Waals surface area contributed by atoms with E-state index in [4.69, 9.17) is 10.5 Å². The highest BCUT2D eigenvalue weighted by atomic mass is 14.9. The molecule has 0 saturated carbocycles. The van der Waals surface area contributed by atoms with Gasteiger partial charge in [-0.3, -0.25) is 0 Å². The Morgan fingerprint density at radius 2 is 1.91 bits per heavy atom. The van der Waals surface area contributed by atoms with E-state index >= 15 is 0 Å². The van der Waals surface area contributed by atoms with E-state index in [1.807, 2.05) is 61.5 Å². The minimum Gasteiger partial charge on any atom is -0.360 e. The summed E-state index contributed by atoms with van der Waals surface area (Å²) in [5, 5.41) is 20.6. The molecule has 2 aromatic carbocycles. The molecule has 1 aromatic heterocycles. The number of allylic oxidation sites excluding steroid dienone is 1. The number of nitrogens with zero attached hydrogens (tertiary/aromatic N) is 3. The topological polar surface area (TPSA) is 88.3 Å². The van der Waals surface area contributed by atoms with Crippen LogP contribution in [0.1, 0.15) is 5.56 Å². The molecule has 0 spiro atoms. The summed E-state index contributed by atoms with van der Waals surface area (Å²) >= 11 is 0. The van der Waals surface area contributed by atoms with Gasteiger partial charge in [0.1, 0.15) is 23.5 Å². The second-order valence-electron chi connectivity index (χ2n) is 5.01. The van der Waals surface area contributed by atoms with Crippen molar-refractivity contribution in [2.24, 2.45) is 0 Å². The highest BCUT2D eigenvalue weighted by Crippen LogP contribution is 2.28. The molecule has 3 aromatic rings. The maximum atomic E-state index is 8.79. The zero-order chi connectivity index (χ0) is 16.2. The molecule has 3 rings (SSSR count). The number of nitrogens with one attached hydrogen (secondary N) is 2. The molecule has 0 atom stereocenters. The normalized spacial score (nSPS) is 9.87. The summed E-state index contributed by atoms with van der Waals surface area (Å²) in [6.45, 7) is 1.97. The van der Waals surface area contributed by atoms with E-state index in [0.29, 0.717) is 0 Å². The van der Waals surface area contributed by atoms with E-state index in [1.54, 1.807) is 0 Å². The molecule has 0 aliphatic carbocycles. The quantitative estimate of drug-likeness (QED) is 0.718. The van der Waals surface area contributed by atoms with Crippen LogP contribution in [0, 0.1) is 29.6 Å². The van der Waals surface area contributed by atoms with Crippen LogP contribution in [0.3, 0.4) is 0 Å². The molecular formula is C18H13N5. The lowest BCUT2D eigenvalue weighted by atomic mass is 10.1. The van der Waals surface area contributed by atoms with Crippen LogP contribution in [0.25, 0.3) is 22.4 Å². The Morgan fingerprint density at radius 3 is 2.65 bits per heavy atom. The fourth-order valence-electron chi connectivity index (χ4n) is 2.37. The fourth-order valence-corrected chi connectivity index (χ4v) is 2.37. The minimum absolute atomic E-state index is 0.0264. The predicted octanol–water partition coefficient (Wildman–Crippen LogP) is 3.88. The largest absolute Gasteiger partial charge is 0.360 e. The molecule has 23 heavy (non-hydrogen) atoms. The van der Waals surface area contributed by atoms with Crippen LogP contribution in [0.2, 0.25) is 0 Å². The van der Waals surface area contributed by atoms with E-state index in [-0.39, 0.29) is 5.57 Å². The number of imidazole rings is 1. The number of anilines is 1. The van der Waals surface area contributed by atoms with Crippen molar-refractivity contribution in [1.29, 1.82) is 10.5 Å². The van der Waals surface area contributed by atoms with Gasteiger partial charge in [-0.25, -0.2) is 4.98 Å². The first-order chi connectivity index (χ1) is 11.2. The summed E-state index contributed by atoms with van der Waals surface area (Å²) in [5.74, 6) is 0.789. The Bertz CT molecular complexity index is 934. The highest BCUT2D eigenvalue weighted by molar-refractivity contribution is 5.81. The van der Waals surface area contributed by atoms with Gasteiger partial charge in [0, 0.05) is 17.5 Å². The van der Waals surface area contributed by atoms with Crippen LogP contribution in [0.5, 0.6) is 0 Å². The Kier molecular flexibility index (Phi) is 3.78. The average Bonchev–Trinajstić information content (AvgIpc) is 3.01. The van der Waals surface area contributed by atoms with Crippen LogP contribution in [-0.2, 0) is 0 Å². The van der Waals surface area contributed by atoms with Gasteiger partial charge in [0.05, 0.1) is 11.0 Å². The molecule has 0 aliphatic rings. The van der Waals surface area contributed by atoms with Gasteiger partial charge in [-0.1, -0.05) is 24.3 Å². The zero-order valence-corrected chi connectivity index (χ0v) is 12.5. The lowest BCUT2D eigenvalue weighted by Crippen LogP contribution is -1.95. The lowest BCUT2D eigenvalue weighted by molar-refractivity contribution is 1.30. The summed E-state index contributed by atoms with van der Waals surface area (Å²) in [6, 6.07) is 17.3. The number of para-hydroxylation sites is 2. The SMILES string of the molecule is Cc1c(NC=C(C#N)C#N)cccc1-c1nc2ccccc2[nH]1. The second kappa shape index (κ2) is 6.05. The average molecular weight is 299 g/mol. The second-order valence-corrected chi connectivity index (χ2v) is 5.01. The van der Waals surface area contributed by atoms with Gasteiger partial charge >= 0.3 is 0 Å². The first-order valence-corrected chi connectivity index (χ1v) is 7.04.